The molecule has 0 saturated heterocycles. The van der Waals surface area contributed by atoms with Crippen LogP contribution >= 0.6 is 0 Å². The maximum absolute atomic E-state index is 6.41. The Morgan fingerprint density at radius 2 is 1.88 bits per heavy atom. The average molecular weight is 335 g/mol. The highest BCUT2D eigenvalue weighted by atomic mass is 16.5. The van der Waals surface area contributed by atoms with E-state index in [1.54, 1.807) is 0 Å². The van der Waals surface area contributed by atoms with Crippen LogP contribution in [0.25, 0.3) is 0 Å². The van der Waals surface area contributed by atoms with Crippen LogP contribution in [-0.4, -0.2) is 0 Å². The monoisotopic (exact) mass is 334 g/mol. The molecule has 2 fully saturated rings. The molecule has 132 valence electrons. The van der Waals surface area contributed by atoms with E-state index < -0.39 is 0 Å². The molecule has 1 aromatic carbocycles. The highest BCUT2D eigenvalue weighted by Gasteiger charge is 2.34. The zero-order valence-electron chi connectivity index (χ0n) is 15.6. The summed E-state index contributed by atoms with van der Waals surface area (Å²) in [6, 6.07) is 10.4. The molecule has 1 atom stereocenters. The van der Waals surface area contributed by atoms with Crippen LogP contribution < -0.4 is 0 Å². The van der Waals surface area contributed by atoms with Crippen LogP contribution in [-0.2, 0) is 11.3 Å². The average Bonchev–Trinajstić information content (AvgIpc) is 3.52. The standard InChI is InChI=1S/C24H30O/c1-5-22(17(3)20-12-13-20)24(23(6-2)18(4)21-14-15-21)25-16-19-10-8-7-9-11-19/h5-11,17,20-21H,1,4,12-16H2,2-3H3/b23-6-,24-22-. The summed E-state index contributed by atoms with van der Waals surface area (Å²) in [5, 5.41) is 0. The fourth-order valence-corrected chi connectivity index (χ4v) is 3.50. The van der Waals surface area contributed by atoms with Gasteiger partial charge in [-0.1, -0.05) is 62.6 Å². The summed E-state index contributed by atoms with van der Waals surface area (Å²) < 4.78 is 6.41. The van der Waals surface area contributed by atoms with Gasteiger partial charge in [-0.3, -0.25) is 0 Å². The SMILES string of the molecule is C=C/C(=C(OCc1ccccc1)\C(=C/C)C(=C)C1CC1)C(C)C1CC1. The minimum atomic E-state index is 0.491. The van der Waals surface area contributed by atoms with Gasteiger partial charge in [0.05, 0.1) is 0 Å². The Hall–Kier alpha value is -2.02. The molecule has 0 radical (unpaired) electrons. The second kappa shape index (κ2) is 7.91. The van der Waals surface area contributed by atoms with Gasteiger partial charge in [-0.15, -0.1) is 0 Å². The van der Waals surface area contributed by atoms with E-state index in [0.717, 1.165) is 11.7 Å². The van der Waals surface area contributed by atoms with Gasteiger partial charge in [0, 0.05) is 5.57 Å². The van der Waals surface area contributed by atoms with Crippen molar-refractivity contribution >= 4 is 0 Å². The summed E-state index contributed by atoms with van der Waals surface area (Å²) in [5.74, 6) is 2.89. The van der Waals surface area contributed by atoms with Crippen molar-refractivity contribution in [3.63, 3.8) is 0 Å². The van der Waals surface area contributed by atoms with Crippen LogP contribution in [0.2, 0.25) is 0 Å². The molecular formula is C24H30O. The molecule has 0 spiro atoms. The van der Waals surface area contributed by atoms with Crippen molar-refractivity contribution in [3.8, 4) is 0 Å². The van der Waals surface area contributed by atoms with Gasteiger partial charge in [-0.05, 0) is 67.1 Å². The summed E-state index contributed by atoms with van der Waals surface area (Å²) in [7, 11) is 0. The van der Waals surface area contributed by atoms with Crippen molar-refractivity contribution in [2.24, 2.45) is 17.8 Å². The van der Waals surface area contributed by atoms with Crippen LogP contribution in [0.4, 0.5) is 0 Å². The quantitative estimate of drug-likeness (QED) is 0.365. The molecule has 3 rings (SSSR count). The van der Waals surface area contributed by atoms with Gasteiger partial charge in [0.25, 0.3) is 0 Å². The molecule has 0 bridgehead atoms. The second-order valence-electron chi connectivity index (χ2n) is 7.39. The zero-order valence-corrected chi connectivity index (χ0v) is 15.6. The third-order valence-corrected chi connectivity index (χ3v) is 5.48. The van der Waals surface area contributed by atoms with Crippen LogP contribution in [0.1, 0.15) is 45.1 Å². The van der Waals surface area contributed by atoms with Crippen LogP contribution in [0.5, 0.6) is 0 Å². The number of ether oxygens (including phenoxy) is 1. The van der Waals surface area contributed by atoms with E-state index in [2.05, 4.69) is 57.3 Å². The molecular weight excluding hydrogens is 304 g/mol. The largest absolute Gasteiger partial charge is 0.488 e. The minimum Gasteiger partial charge on any atom is -0.488 e. The van der Waals surface area contributed by atoms with Crippen molar-refractivity contribution in [3.05, 3.63) is 83.7 Å². The van der Waals surface area contributed by atoms with Gasteiger partial charge in [0.2, 0.25) is 0 Å². The Balaban J connectivity index is 1.91. The van der Waals surface area contributed by atoms with Crippen molar-refractivity contribution < 1.29 is 4.74 Å². The van der Waals surface area contributed by atoms with E-state index in [1.807, 2.05) is 12.1 Å². The van der Waals surface area contributed by atoms with Crippen molar-refractivity contribution in [1.82, 2.24) is 0 Å². The Kier molecular flexibility index (Phi) is 5.63. The molecule has 1 nitrogen and oxygen atoms in total. The lowest BCUT2D eigenvalue weighted by Gasteiger charge is -2.22. The maximum Gasteiger partial charge on any atom is 0.130 e. The highest BCUT2D eigenvalue weighted by Crippen LogP contribution is 2.45. The van der Waals surface area contributed by atoms with Crippen LogP contribution in [0.3, 0.4) is 0 Å². The van der Waals surface area contributed by atoms with E-state index in [-0.39, 0.29) is 0 Å². The fraction of sp³-hybridized carbons (Fsp3) is 0.417. The first-order chi connectivity index (χ1) is 12.2. The number of allylic oxidation sites excluding steroid dienone is 4. The van der Waals surface area contributed by atoms with E-state index >= 15 is 0 Å². The lowest BCUT2D eigenvalue weighted by atomic mass is 9.90. The molecule has 1 unspecified atom stereocenters. The molecule has 2 saturated carbocycles. The predicted octanol–water partition coefficient (Wildman–Crippen LogP) is 6.60. The van der Waals surface area contributed by atoms with Gasteiger partial charge in [0.15, 0.2) is 0 Å². The first-order valence-corrected chi connectivity index (χ1v) is 9.54. The van der Waals surface area contributed by atoms with Gasteiger partial charge in [0.1, 0.15) is 12.4 Å². The zero-order chi connectivity index (χ0) is 17.8. The lowest BCUT2D eigenvalue weighted by Crippen LogP contribution is -2.10. The van der Waals surface area contributed by atoms with E-state index in [0.29, 0.717) is 18.4 Å². The number of benzene rings is 1. The van der Waals surface area contributed by atoms with Gasteiger partial charge < -0.3 is 4.74 Å². The molecule has 2 aliphatic carbocycles. The molecule has 2 aliphatic rings. The first-order valence-electron chi connectivity index (χ1n) is 9.54. The summed E-state index contributed by atoms with van der Waals surface area (Å²) >= 11 is 0. The normalized spacial score (nSPS) is 19.8. The maximum atomic E-state index is 6.41. The minimum absolute atomic E-state index is 0.491. The van der Waals surface area contributed by atoms with Crippen molar-refractivity contribution in [2.45, 2.75) is 46.1 Å². The summed E-state index contributed by atoms with van der Waals surface area (Å²) in [6.45, 7) is 13.5. The Morgan fingerprint density at radius 3 is 2.40 bits per heavy atom. The Morgan fingerprint density at radius 1 is 1.20 bits per heavy atom. The molecule has 0 N–H and O–H groups in total. The third-order valence-electron chi connectivity index (χ3n) is 5.48. The third kappa shape index (κ3) is 4.34. The molecule has 1 aromatic rings. The molecule has 0 aromatic heterocycles. The fourth-order valence-electron chi connectivity index (χ4n) is 3.50. The predicted molar refractivity (Wildman–Crippen MR) is 106 cm³/mol. The number of hydrogen-bond acceptors (Lipinski definition) is 1. The van der Waals surface area contributed by atoms with Crippen molar-refractivity contribution in [1.29, 1.82) is 0 Å². The lowest BCUT2D eigenvalue weighted by molar-refractivity contribution is 0.201. The van der Waals surface area contributed by atoms with Gasteiger partial charge >= 0.3 is 0 Å². The van der Waals surface area contributed by atoms with E-state index in [1.165, 1.54) is 48.0 Å². The van der Waals surface area contributed by atoms with Crippen LogP contribution in [0, 0.1) is 17.8 Å². The smallest absolute Gasteiger partial charge is 0.130 e. The number of rotatable bonds is 9. The Bertz CT molecular complexity index is 684. The number of hydrogen-bond donors (Lipinski definition) is 0. The molecule has 0 heterocycles. The van der Waals surface area contributed by atoms with Crippen molar-refractivity contribution in [2.75, 3.05) is 0 Å². The van der Waals surface area contributed by atoms with E-state index in [4.69, 9.17) is 4.74 Å². The van der Waals surface area contributed by atoms with Crippen LogP contribution in [0.15, 0.2) is 78.1 Å². The summed E-state index contributed by atoms with van der Waals surface area (Å²) in [4.78, 5) is 0. The highest BCUT2D eigenvalue weighted by molar-refractivity contribution is 5.49. The summed E-state index contributed by atoms with van der Waals surface area (Å²) in [5.41, 5.74) is 4.84. The molecule has 0 amide bonds. The van der Waals surface area contributed by atoms with Gasteiger partial charge in [-0.2, -0.15) is 0 Å². The molecule has 0 aliphatic heterocycles. The van der Waals surface area contributed by atoms with E-state index in [9.17, 15) is 0 Å². The van der Waals surface area contributed by atoms with Gasteiger partial charge in [-0.25, -0.2) is 0 Å². The topological polar surface area (TPSA) is 9.23 Å². The Labute approximate surface area is 152 Å². The molecule has 25 heavy (non-hydrogen) atoms. The summed E-state index contributed by atoms with van der Waals surface area (Å²) in [6.07, 6.45) is 9.32. The first kappa shape index (κ1) is 17.8. The molecule has 1 heteroatoms. The second-order valence-corrected chi connectivity index (χ2v) is 7.39.